The minimum absolute atomic E-state index is 0.0736. The predicted molar refractivity (Wildman–Crippen MR) is 111 cm³/mol. The summed E-state index contributed by atoms with van der Waals surface area (Å²) in [6.45, 7) is 1.14. The number of carbonyl (C=O) groups is 2. The molecule has 154 valence electrons. The van der Waals surface area contributed by atoms with Crippen molar-refractivity contribution in [3.63, 3.8) is 0 Å². The minimum atomic E-state index is -0.234. The maximum Gasteiger partial charge on any atom is 0.279 e. The summed E-state index contributed by atoms with van der Waals surface area (Å²) < 4.78 is 11.6. The number of nitrogens with zero attached hydrogens (tertiary/aromatic N) is 1. The van der Waals surface area contributed by atoms with Crippen LogP contribution in [0.3, 0.4) is 0 Å². The van der Waals surface area contributed by atoms with Crippen LogP contribution in [-0.4, -0.2) is 63.2 Å². The first-order chi connectivity index (χ1) is 13.9. The molecule has 0 saturated heterocycles. The van der Waals surface area contributed by atoms with Crippen molar-refractivity contribution in [2.75, 3.05) is 45.7 Å². The molecule has 0 fully saturated rings. The summed E-state index contributed by atoms with van der Waals surface area (Å²) in [6, 6.07) is 14.5. The zero-order valence-corrected chi connectivity index (χ0v) is 17.2. The smallest absolute Gasteiger partial charge is 0.279 e. The van der Waals surface area contributed by atoms with Gasteiger partial charge in [0, 0.05) is 7.05 Å². The number of fused-ring (bicyclic) bond motifs is 1. The number of halogens is 1. The fourth-order valence-corrected chi connectivity index (χ4v) is 3.23. The third-order valence-electron chi connectivity index (χ3n) is 4.53. The summed E-state index contributed by atoms with van der Waals surface area (Å²) in [5.41, 5.74) is 0.560. The molecule has 1 aliphatic rings. The molecule has 1 heterocycles. The number of benzene rings is 2. The van der Waals surface area contributed by atoms with Gasteiger partial charge in [-0.2, -0.15) is 0 Å². The summed E-state index contributed by atoms with van der Waals surface area (Å²) in [6.07, 6.45) is -0.234. The highest BCUT2D eigenvalue weighted by Crippen LogP contribution is 2.30. The topological polar surface area (TPSA) is 72.3 Å². The van der Waals surface area contributed by atoms with Gasteiger partial charge >= 0.3 is 0 Å². The van der Waals surface area contributed by atoms with Crippen LogP contribution in [0.4, 0.5) is 5.69 Å². The Labute approximate surface area is 175 Å². The van der Waals surface area contributed by atoms with Gasteiger partial charge in [0.15, 0.2) is 30.7 Å². The van der Waals surface area contributed by atoms with Crippen molar-refractivity contribution in [1.29, 1.82) is 0 Å². The highest BCUT2D eigenvalue weighted by Gasteiger charge is 2.25. The van der Waals surface area contributed by atoms with E-state index in [-0.39, 0.29) is 31.0 Å². The van der Waals surface area contributed by atoms with Crippen molar-refractivity contribution in [2.45, 2.75) is 6.10 Å². The normalized spacial score (nSPS) is 16.0. The summed E-state index contributed by atoms with van der Waals surface area (Å²) in [5, 5.41) is 3.24. The van der Waals surface area contributed by atoms with Crippen LogP contribution in [0.15, 0.2) is 48.5 Å². The van der Waals surface area contributed by atoms with Crippen LogP contribution < -0.4 is 19.7 Å². The fraction of sp³-hybridized carbons (Fsp3) is 0.333. The van der Waals surface area contributed by atoms with Crippen LogP contribution >= 0.6 is 11.6 Å². The number of hydrogen-bond acceptors (Lipinski definition) is 4. The van der Waals surface area contributed by atoms with Crippen molar-refractivity contribution < 1.29 is 24.0 Å². The number of nitrogens with one attached hydrogen (secondary N) is 2. The molecule has 2 atom stereocenters. The SMILES string of the molecule is CN(C[C@H]1COc2ccccc2O1)C(=O)C[NH+](C)CC(=O)Nc1ccccc1Cl. The number of carbonyl (C=O) groups excluding carboxylic acids is 2. The molecule has 2 aromatic carbocycles. The first-order valence-corrected chi connectivity index (χ1v) is 9.78. The molecule has 0 saturated carbocycles. The van der Waals surface area contributed by atoms with E-state index in [9.17, 15) is 9.59 Å². The molecule has 1 unspecified atom stereocenters. The number of ether oxygens (including phenoxy) is 2. The highest BCUT2D eigenvalue weighted by atomic mass is 35.5. The standard InChI is InChI=1S/C21H24ClN3O4/c1-24(12-20(26)23-17-8-4-3-7-16(17)22)13-21(27)25(2)11-15-14-28-18-9-5-6-10-19(18)29-15/h3-10,15H,11-14H2,1-2H3,(H,23,26)/p+1/t15-/m0/s1. The predicted octanol–water partition coefficient (Wildman–Crippen LogP) is 1.09. The number of para-hydroxylation sites is 3. The lowest BCUT2D eigenvalue weighted by Gasteiger charge is -2.29. The average Bonchev–Trinajstić information content (AvgIpc) is 2.69. The average molecular weight is 419 g/mol. The van der Waals surface area contributed by atoms with E-state index in [4.69, 9.17) is 21.1 Å². The van der Waals surface area contributed by atoms with E-state index in [1.807, 2.05) is 24.3 Å². The number of hydrogen-bond donors (Lipinski definition) is 2. The molecule has 2 amide bonds. The Hall–Kier alpha value is -2.77. The van der Waals surface area contributed by atoms with Crippen LogP contribution in [0.5, 0.6) is 11.5 Å². The molecule has 8 heteroatoms. The van der Waals surface area contributed by atoms with Crippen LogP contribution in [-0.2, 0) is 9.59 Å². The van der Waals surface area contributed by atoms with E-state index in [0.29, 0.717) is 35.4 Å². The zero-order valence-electron chi connectivity index (χ0n) is 16.5. The van der Waals surface area contributed by atoms with Crippen LogP contribution in [0.1, 0.15) is 0 Å². The second kappa shape index (κ2) is 9.62. The largest absolute Gasteiger partial charge is 0.486 e. The van der Waals surface area contributed by atoms with Gasteiger partial charge in [0.25, 0.3) is 11.8 Å². The van der Waals surface area contributed by atoms with Gasteiger partial charge in [-0.25, -0.2) is 0 Å². The summed E-state index contributed by atoms with van der Waals surface area (Å²) in [7, 11) is 3.53. The molecule has 7 nitrogen and oxygen atoms in total. The van der Waals surface area contributed by atoms with Crippen molar-refractivity contribution in [3.8, 4) is 11.5 Å². The summed E-state index contributed by atoms with van der Waals surface area (Å²) >= 11 is 6.05. The molecule has 0 spiro atoms. The quantitative estimate of drug-likeness (QED) is 0.706. The number of likely N-dealkylation sites (N-methyl/N-ethyl adjacent to an activating group) is 2. The lowest BCUT2D eigenvalue weighted by Crippen LogP contribution is -3.11. The van der Waals surface area contributed by atoms with Crippen molar-refractivity contribution in [2.24, 2.45) is 0 Å². The summed E-state index contributed by atoms with van der Waals surface area (Å²) in [5.74, 6) is 1.12. The first-order valence-electron chi connectivity index (χ1n) is 9.40. The Bertz CT molecular complexity index is 877. The Balaban J connectivity index is 1.44. The van der Waals surface area contributed by atoms with E-state index in [0.717, 1.165) is 4.90 Å². The Kier molecular flexibility index (Phi) is 6.95. The maximum atomic E-state index is 12.5. The van der Waals surface area contributed by atoms with E-state index in [1.165, 1.54) is 0 Å². The lowest BCUT2D eigenvalue weighted by molar-refractivity contribution is -0.862. The number of quaternary nitrogens is 1. The van der Waals surface area contributed by atoms with Gasteiger partial charge in [-0.3, -0.25) is 9.59 Å². The number of rotatable bonds is 7. The van der Waals surface area contributed by atoms with Gasteiger partial charge in [0.05, 0.1) is 24.3 Å². The number of anilines is 1. The monoisotopic (exact) mass is 418 g/mol. The molecule has 0 aromatic heterocycles. The van der Waals surface area contributed by atoms with Crippen LogP contribution in [0.2, 0.25) is 5.02 Å². The third-order valence-corrected chi connectivity index (χ3v) is 4.86. The first kappa shape index (κ1) is 21.0. The molecule has 1 aliphatic heterocycles. The molecule has 0 radical (unpaired) electrons. The van der Waals surface area contributed by atoms with Gasteiger partial charge in [0.2, 0.25) is 0 Å². The van der Waals surface area contributed by atoms with E-state index >= 15 is 0 Å². The second-order valence-corrected chi connectivity index (χ2v) is 7.52. The van der Waals surface area contributed by atoms with Crippen molar-refractivity contribution >= 4 is 29.1 Å². The van der Waals surface area contributed by atoms with Crippen LogP contribution in [0, 0.1) is 0 Å². The highest BCUT2D eigenvalue weighted by molar-refractivity contribution is 6.33. The maximum absolute atomic E-state index is 12.5. The third kappa shape index (κ3) is 5.85. The Morgan fingerprint density at radius 3 is 2.59 bits per heavy atom. The summed E-state index contributed by atoms with van der Waals surface area (Å²) in [4.78, 5) is 27.1. The molecule has 3 rings (SSSR count). The Morgan fingerprint density at radius 2 is 1.83 bits per heavy atom. The molecule has 2 aromatic rings. The Morgan fingerprint density at radius 1 is 1.14 bits per heavy atom. The van der Waals surface area contributed by atoms with E-state index in [1.54, 1.807) is 43.3 Å². The van der Waals surface area contributed by atoms with Gasteiger partial charge in [0.1, 0.15) is 6.61 Å². The second-order valence-electron chi connectivity index (χ2n) is 7.11. The van der Waals surface area contributed by atoms with Gasteiger partial charge < -0.3 is 24.6 Å². The molecule has 0 bridgehead atoms. The molecule has 29 heavy (non-hydrogen) atoms. The van der Waals surface area contributed by atoms with Gasteiger partial charge in [-0.05, 0) is 24.3 Å². The van der Waals surface area contributed by atoms with Gasteiger partial charge in [-0.15, -0.1) is 0 Å². The fourth-order valence-electron chi connectivity index (χ4n) is 3.05. The number of amides is 2. The van der Waals surface area contributed by atoms with E-state index in [2.05, 4.69) is 5.32 Å². The molecule has 2 N–H and O–H groups in total. The lowest BCUT2D eigenvalue weighted by atomic mass is 10.2. The molecular formula is C21H25ClN3O4+. The zero-order chi connectivity index (χ0) is 20.8. The minimum Gasteiger partial charge on any atom is -0.486 e. The van der Waals surface area contributed by atoms with Crippen molar-refractivity contribution in [3.05, 3.63) is 53.6 Å². The molecule has 0 aliphatic carbocycles. The molecular weight excluding hydrogens is 394 g/mol. The van der Waals surface area contributed by atoms with E-state index < -0.39 is 0 Å². The van der Waals surface area contributed by atoms with Crippen molar-refractivity contribution in [1.82, 2.24) is 4.90 Å². The van der Waals surface area contributed by atoms with Crippen LogP contribution in [0.25, 0.3) is 0 Å². The van der Waals surface area contributed by atoms with Gasteiger partial charge in [-0.1, -0.05) is 35.9 Å².